The zero-order valence-corrected chi connectivity index (χ0v) is 13.3. The Hall–Kier alpha value is -1.53. The molecule has 4 rings (SSSR count). The van der Waals surface area contributed by atoms with E-state index < -0.39 is 0 Å². The Morgan fingerprint density at radius 2 is 2.13 bits per heavy atom. The van der Waals surface area contributed by atoms with Gasteiger partial charge in [-0.15, -0.1) is 0 Å². The summed E-state index contributed by atoms with van der Waals surface area (Å²) in [5.41, 5.74) is 0.955. The van der Waals surface area contributed by atoms with Crippen molar-refractivity contribution in [2.45, 2.75) is 37.9 Å². The molecule has 3 atom stereocenters. The van der Waals surface area contributed by atoms with Crippen molar-refractivity contribution in [3.63, 3.8) is 0 Å². The molecule has 6 heteroatoms. The van der Waals surface area contributed by atoms with Crippen molar-refractivity contribution < 1.29 is 14.3 Å². The first-order chi connectivity index (χ1) is 11.3. The summed E-state index contributed by atoms with van der Waals surface area (Å²) in [6.45, 7) is 3.00. The van der Waals surface area contributed by atoms with E-state index in [-0.39, 0.29) is 18.1 Å². The van der Waals surface area contributed by atoms with Gasteiger partial charge in [0.25, 0.3) is 0 Å². The highest BCUT2D eigenvalue weighted by molar-refractivity contribution is 5.79. The largest absolute Gasteiger partial charge is 0.381 e. The highest BCUT2D eigenvalue weighted by Gasteiger charge is 2.42. The number of rotatable bonds is 2. The zero-order chi connectivity index (χ0) is 15.6. The van der Waals surface area contributed by atoms with E-state index in [1.54, 1.807) is 12.5 Å². The molecule has 0 saturated carbocycles. The van der Waals surface area contributed by atoms with Crippen LogP contribution in [0.25, 0.3) is 0 Å². The van der Waals surface area contributed by atoms with Crippen LogP contribution in [0.3, 0.4) is 0 Å². The second kappa shape index (κ2) is 6.53. The predicted molar refractivity (Wildman–Crippen MR) is 82.5 cm³/mol. The Labute approximate surface area is 136 Å². The fourth-order valence-corrected chi connectivity index (χ4v) is 4.02. The topological polar surface area (TPSA) is 64.5 Å². The van der Waals surface area contributed by atoms with Gasteiger partial charge in [0, 0.05) is 38.4 Å². The molecule has 6 nitrogen and oxygen atoms in total. The second-order valence-electron chi connectivity index (χ2n) is 6.75. The van der Waals surface area contributed by atoms with Crippen LogP contribution in [-0.2, 0) is 14.3 Å². The fourth-order valence-electron chi connectivity index (χ4n) is 4.02. The third-order valence-electron chi connectivity index (χ3n) is 5.37. The summed E-state index contributed by atoms with van der Waals surface area (Å²) >= 11 is 0. The van der Waals surface area contributed by atoms with Gasteiger partial charge in [-0.05, 0) is 37.7 Å². The zero-order valence-electron chi connectivity index (χ0n) is 13.3. The second-order valence-corrected chi connectivity index (χ2v) is 6.75. The number of likely N-dealkylation sites (tertiary alicyclic amines) is 1. The minimum Gasteiger partial charge on any atom is -0.381 e. The standard InChI is InChI=1S/C17H23N3O3/c21-17(12-3-7-22-8-4-12)20-6-2-13-9-15(23-16(13)10-20)14-1-5-18-11-19-14/h1,5,11-13,15-16H,2-4,6-10H2/t13-,15-,16+/m0/s1. The van der Waals surface area contributed by atoms with Crippen molar-refractivity contribution in [2.24, 2.45) is 11.8 Å². The molecule has 0 unspecified atom stereocenters. The summed E-state index contributed by atoms with van der Waals surface area (Å²) in [6.07, 6.45) is 7.26. The molecular weight excluding hydrogens is 294 g/mol. The van der Waals surface area contributed by atoms with E-state index in [9.17, 15) is 4.79 Å². The van der Waals surface area contributed by atoms with Gasteiger partial charge in [0.15, 0.2) is 0 Å². The quantitative estimate of drug-likeness (QED) is 0.828. The lowest BCUT2D eigenvalue weighted by Gasteiger charge is -2.36. The van der Waals surface area contributed by atoms with Gasteiger partial charge < -0.3 is 14.4 Å². The van der Waals surface area contributed by atoms with E-state index in [2.05, 4.69) is 9.97 Å². The summed E-state index contributed by atoms with van der Waals surface area (Å²) in [5, 5.41) is 0. The molecule has 3 aliphatic rings. The number of aromatic nitrogens is 2. The van der Waals surface area contributed by atoms with E-state index in [0.29, 0.717) is 25.0 Å². The number of fused-ring (bicyclic) bond motifs is 1. The molecule has 0 aromatic carbocycles. The summed E-state index contributed by atoms with van der Waals surface area (Å²) < 4.78 is 11.6. The number of piperidine rings is 1. The van der Waals surface area contributed by atoms with Crippen molar-refractivity contribution in [1.29, 1.82) is 0 Å². The molecule has 1 aromatic rings. The molecule has 1 aromatic heterocycles. The van der Waals surface area contributed by atoms with Crippen LogP contribution < -0.4 is 0 Å². The number of ether oxygens (including phenoxy) is 2. The SMILES string of the molecule is O=C(C1CCOCC1)N1CC[C@H]2C[C@@H](c3ccncn3)O[C@@H]2C1. The van der Waals surface area contributed by atoms with Crippen LogP contribution in [-0.4, -0.2) is 53.2 Å². The molecule has 3 aliphatic heterocycles. The first kappa shape index (κ1) is 15.0. The molecule has 3 fully saturated rings. The minimum atomic E-state index is 0.0473. The third-order valence-corrected chi connectivity index (χ3v) is 5.37. The van der Waals surface area contributed by atoms with Crippen molar-refractivity contribution in [2.75, 3.05) is 26.3 Å². The highest BCUT2D eigenvalue weighted by Crippen LogP contribution is 2.40. The van der Waals surface area contributed by atoms with Crippen LogP contribution in [0.4, 0.5) is 0 Å². The lowest BCUT2D eigenvalue weighted by molar-refractivity contribution is -0.143. The van der Waals surface area contributed by atoms with Gasteiger partial charge in [0.05, 0.1) is 11.8 Å². The van der Waals surface area contributed by atoms with Crippen molar-refractivity contribution in [1.82, 2.24) is 14.9 Å². The number of amides is 1. The van der Waals surface area contributed by atoms with Crippen molar-refractivity contribution in [3.8, 4) is 0 Å². The highest BCUT2D eigenvalue weighted by atomic mass is 16.5. The number of hydrogen-bond donors (Lipinski definition) is 0. The molecule has 0 N–H and O–H groups in total. The Kier molecular flexibility index (Phi) is 4.27. The fraction of sp³-hybridized carbons (Fsp3) is 0.706. The average Bonchev–Trinajstić information content (AvgIpc) is 3.06. The van der Waals surface area contributed by atoms with Gasteiger partial charge in [-0.25, -0.2) is 9.97 Å². The molecule has 124 valence electrons. The lowest BCUT2D eigenvalue weighted by atomic mass is 9.90. The van der Waals surface area contributed by atoms with Crippen LogP contribution in [0.1, 0.15) is 37.5 Å². The predicted octanol–water partition coefficient (Wildman–Crippen LogP) is 1.58. The number of carbonyl (C=O) groups is 1. The summed E-state index contributed by atoms with van der Waals surface area (Å²) in [4.78, 5) is 23.0. The Morgan fingerprint density at radius 3 is 2.91 bits per heavy atom. The van der Waals surface area contributed by atoms with Gasteiger partial charge in [-0.1, -0.05) is 0 Å². The maximum Gasteiger partial charge on any atom is 0.225 e. The maximum absolute atomic E-state index is 12.7. The summed E-state index contributed by atoms with van der Waals surface area (Å²) in [6, 6.07) is 1.92. The molecule has 0 spiro atoms. The van der Waals surface area contributed by atoms with E-state index in [1.807, 2.05) is 11.0 Å². The summed E-state index contributed by atoms with van der Waals surface area (Å²) in [7, 11) is 0. The van der Waals surface area contributed by atoms with E-state index in [4.69, 9.17) is 9.47 Å². The van der Waals surface area contributed by atoms with E-state index in [0.717, 1.165) is 44.5 Å². The van der Waals surface area contributed by atoms with Crippen molar-refractivity contribution >= 4 is 5.91 Å². The van der Waals surface area contributed by atoms with Crippen LogP contribution >= 0.6 is 0 Å². The molecule has 0 bridgehead atoms. The normalized spacial score (nSPS) is 31.8. The maximum atomic E-state index is 12.7. The van der Waals surface area contributed by atoms with Crippen LogP contribution in [0.2, 0.25) is 0 Å². The Morgan fingerprint density at radius 1 is 1.26 bits per heavy atom. The minimum absolute atomic E-state index is 0.0473. The number of nitrogens with zero attached hydrogens (tertiary/aromatic N) is 3. The molecule has 3 saturated heterocycles. The van der Waals surface area contributed by atoms with Crippen LogP contribution in [0, 0.1) is 11.8 Å². The number of hydrogen-bond acceptors (Lipinski definition) is 5. The van der Waals surface area contributed by atoms with Crippen molar-refractivity contribution in [3.05, 3.63) is 24.3 Å². The molecule has 1 amide bonds. The van der Waals surface area contributed by atoms with Gasteiger partial charge in [-0.3, -0.25) is 4.79 Å². The van der Waals surface area contributed by atoms with Gasteiger partial charge in [0.2, 0.25) is 5.91 Å². The average molecular weight is 317 g/mol. The third kappa shape index (κ3) is 3.10. The van der Waals surface area contributed by atoms with Gasteiger partial charge in [-0.2, -0.15) is 0 Å². The molecule has 23 heavy (non-hydrogen) atoms. The monoisotopic (exact) mass is 317 g/mol. The summed E-state index contributed by atoms with van der Waals surface area (Å²) in [5.74, 6) is 0.967. The first-order valence-electron chi connectivity index (χ1n) is 8.59. The number of carbonyl (C=O) groups excluding carboxylic acids is 1. The smallest absolute Gasteiger partial charge is 0.225 e. The van der Waals surface area contributed by atoms with E-state index in [1.165, 1.54) is 0 Å². The van der Waals surface area contributed by atoms with E-state index >= 15 is 0 Å². The first-order valence-corrected chi connectivity index (χ1v) is 8.59. The Balaban J connectivity index is 1.38. The lowest BCUT2D eigenvalue weighted by Crippen LogP contribution is -2.48. The van der Waals surface area contributed by atoms with Gasteiger partial charge >= 0.3 is 0 Å². The van der Waals surface area contributed by atoms with Gasteiger partial charge in [0.1, 0.15) is 12.4 Å². The molecule has 0 aliphatic carbocycles. The molecule has 4 heterocycles. The Bertz CT molecular complexity index is 547. The van der Waals surface area contributed by atoms with Crippen LogP contribution in [0.5, 0.6) is 0 Å². The van der Waals surface area contributed by atoms with Crippen LogP contribution in [0.15, 0.2) is 18.6 Å². The molecular formula is C17H23N3O3. The molecule has 0 radical (unpaired) electrons.